The molecule has 0 aliphatic carbocycles. The summed E-state index contributed by atoms with van der Waals surface area (Å²) in [4.78, 5) is 14.4. The summed E-state index contributed by atoms with van der Waals surface area (Å²) in [6.45, 7) is 2.11. The number of anilines is 1. The molecule has 0 aromatic heterocycles. The van der Waals surface area contributed by atoms with Gasteiger partial charge in [-0.25, -0.2) is 0 Å². The lowest BCUT2D eigenvalue weighted by atomic mass is 10.0. The molecule has 2 aromatic carbocycles. The Bertz CT molecular complexity index is 601. The molecule has 1 unspecified atom stereocenters. The highest BCUT2D eigenvalue weighted by atomic mass is 35.5. The van der Waals surface area contributed by atoms with E-state index in [-0.39, 0.29) is 24.4 Å². The second-order valence-electron chi connectivity index (χ2n) is 5.29. The van der Waals surface area contributed by atoms with Crippen molar-refractivity contribution in [1.82, 2.24) is 4.90 Å². The van der Waals surface area contributed by atoms with Gasteiger partial charge in [-0.05, 0) is 36.6 Å². The van der Waals surface area contributed by atoms with Gasteiger partial charge in [-0.3, -0.25) is 4.79 Å². The normalized spacial score (nSPS) is 11.4. The first-order valence-corrected chi connectivity index (χ1v) is 7.28. The van der Waals surface area contributed by atoms with E-state index in [0.717, 1.165) is 12.8 Å². The molecule has 1 atom stereocenters. The minimum atomic E-state index is 0. The van der Waals surface area contributed by atoms with E-state index in [1.807, 2.05) is 42.3 Å². The van der Waals surface area contributed by atoms with E-state index in [1.165, 1.54) is 5.56 Å². The van der Waals surface area contributed by atoms with E-state index in [9.17, 15) is 4.79 Å². The fourth-order valence-electron chi connectivity index (χ4n) is 2.48. The van der Waals surface area contributed by atoms with E-state index in [1.54, 1.807) is 12.1 Å². The summed E-state index contributed by atoms with van der Waals surface area (Å²) >= 11 is 0. The fourth-order valence-corrected chi connectivity index (χ4v) is 2.48. The van der Waals surface area contributed by atoms with Crippen LogP contribution in [-0.4, -0.2) is 23.9 Å². The lowest BCUT2D eigenvalue weighted by Crippen LogP contribution is -2.38. The number of benzene rings is 2. The van der Waals surface area contributed by atoms with Gasteiger partial charge in [0.25, 0.3) is 5.91 Å². The third-order valence-electron chi connectivity index (χ3n) is 3.79. The minimum Gasteiger partial charge on any atom is -0.399 e. The van der Waals surface area contributed by atoms with Crippen molar-refractivity contribution in [1.29, 1.82) is 0 Å². The molecule has 0 fully saturated rings. The van der Waals surface area contributed by atoms with Crippen LogP contribution < -0.4 is 5.73 Å². The maximum Gasteiger partial charge on any atom is 0.253 e. The number of hydrogen-bond donors (Lipinski definition) is 1. The van der Waals surface area contributed by atoms with Crippen LogP contribution in [0, 0.1) is 0 Å². The maximum absolute atomic E-state index is 12.6. The average molecular weight is 319 g/mol. The van der Waals surface area contributed by atoms with E-state index < -0.39 is 0 Å². The second-order valence-corrected chi connectivity index (χ2v) is 5.29. The molecule has 118 valence electrons. The number of hydrogen-bond acceptors (Lipinski definition) is 2. The third-order valence-corrected chi connectivity index (χ3v) is 3.79. The highest BCUT2D eigenvalue weighted by Crippen LogP contribution is 2.15. The van der Waals surface area contributed by atoms with Crippen molar-refractivity contribution in [3.63, 3.8) is 0 Å². The smallest absolute Gasteiger partial charge is 0.253 e. The molecule has 2 N–H and O–H groups in total. The number of likely N-dealkylation sites (N-methyl/N-ethyl adjacent to an activating group) is 1. The quantitative estimate of drug-likeness (QED) is 0.853. The zero-order chi connectivity index (χ0) is 15.2. The van der Waals surface area contributed by atoms with Crippen molar-refractivity contribution >= 4 is 24.0 Å². The Morgan fingerprint density at radius 2 is 1.82 bits per heavy atom. The molecule has 22 heavy (non-hydrogen) atoms. The molecular formula is C18H23ClN2O. The van der Waals surface area contributed by atoms with Gasteiger partial charge in [-0.2, -0.15) is 0 Å². The number of rotatable bonds is 5. The lowest BCUT2D eigenvalue weighted by molar-refractivity contribution is 0.0727. The molecule has 0 saturated carbocycles. The molecule has 0 bridgehead atoms. The van der Waals surface area contributed by atoms with Crippen LogP contribution in [0.1, 0.15) is 29.3 Å². The fraction of sp³-hybridized carbons (Fsp3) is 0.278. The number of nitrogen functional groups attached to an aromatic ring is 1. The van der Waals surface area contributed by atoms with E-state index in [2.05, 4.69) is 19.1 Å². The van der Waals surface area contributed by atoms with Gasteiger partial charge in [0, 0.05) is 24.3 Å². The Balaban J connectivity index is 0.00000242. The highest BCUT2D eigenvalue weighted by Gasteiger charge is 2.20. The van der Waals surface area contributed by atoms with Gasteiger partial charge in [0.2, 0.25) is 0 Å². The molecule has 0 heterocycles. The van der Waals surface area contributed by atoms with Crippen LogP contribution in [-0.2, 0) is 6.42 Å². The molecule has 0 aliphatic rings. The van der Waals surface area contributed by atoms with E-state index >= 15 is 0 Å². The third kappa shape index (κ3) is 4.50. The number of nitrogens with two attached hydrogens (primary N) is 1. The predicted molar refractivity (Wildman–Crippen MR) is 94.4 cm³/mol. The molecule has 1 amide bonds. The van der Waals surface area contributed by atoms with Crippen molar-refractivity contribution in [2.24, 2.45) is 0 Å². The van der Waals surface area contributed by atoms with Crippen LogP contribution in [0.5, 0.6) is 0 Å². The summed E-state index contributed by atoms with van der Waals surface area (Å²) in [6, 6.07) is 17.6. The van der Waals surface area contributed by atoms with Crippen LogP contribution in [0.25, 0.3) is 0 Å². The Labute approximate surface area is 138 Å². The number of nitrogens with zero attached hydrogens (tertiary/aromatic N) is 1. The Hall–Kier alpha value is -2.00. The predicted octanol–water partition coefficient (Wildman–Crippen LogP) is 3.78. The largest absolute Gasteiger partial charge is 0.399 e. The van der Waals surface area contributed by atoms with Crippen LogP contribution in [0.2, 0.25) is 0 Å². The highest BCUT2D eigenvalue weighted by molar-refractivity contribution is 5.95. The van der Waals surface area contributed by atoms with Crippen molar-refractivity contribution < 1.29 is 4.79 Å². The van der Waals surface area contributed by atoms with Crippen molar-refractivity contribution in [3.05, 3.63) is 65.7 Å². The first-order chi connectivity index (χ1) is 10.1. The van der Waals surface area contributed by atoms with Gasteiger partial charge in [0.15, 0.2) is 0 Å². The number of amides is 1. The molecule has 3 nitrogen and oxygen atoms in total. The first kappa shape index (κ1) is 18.1. The van der Waals surface area contributed by atoms with Crippen LogP contribution >= 0.6 is 12.4 Å². The standard InChI is InChI=1S/C18H22N2O.ClH/c1-3-17(12-14-8-5-4-6-9-14)20(2)18(21)15-10-7-11-16(19)13-15;/h4-11,13,17H,3,12,19H2,1-2H3;1H. The molecule has 4 heteroatoms. The van der Waals surface area contributed by atoms with Gasteiger partial charge in [0.05, 0.1) is 0 Å². The van der Waals surface area contributed by atoms with E-state index in [0.29, 0.717) is 11.3 Å². The van der Waals surface area contributed by atoms with Crippen molar-refractivity contribution in [2.45, 2.75) is 25.8 Å². The lowest BCUT2D eigenvalue weighted by Gasteiger charge is -2.27. The van der Waals surface area contributed by atoms with Crippen molar-refractivity contribution in [3.8, 4) is 0 Å². The average Bonchev–Trinajstić information content (AvgIpc) is 2.52. The number of halogens is 1. The molecule has 2 rings (SSSR count). The van der Waals surface area contributed by atoms with Crippen LogP contribution in [0.4, 0.5) is 5.69 Å². The van der Waals surface area contributed by atoms with Crippen LogP contribution in [0.3, 0.4) is 0 Å². The molecule has 2 aromatic rings. The maximum atomic E-state index is 12.6. The topological polar surface area (TPSA) is 46.3 Å². The zero-order valence-corrected chi connectivity index (χ0v) is 13.8. The Kier molecular flexibility index (Phi) is 6.93. The second kappa shape index (κ2) is 8.44. The number of carbonyl (C=O) groups is 1. The van der Waals surface area contributed by atoms with E-state index in [4.69, 9.17) is 5.73 Å². The minimum absolute atomic E-state index is 0. The summed E-state index contributed by atoms with van der Waals surface area (Å²) in [6.07, 6.45) is 1.78. The zero-order valence-electron chi connectivity index (χ0n) is 13.0. The molecule has 0 radical (unpaired) electrons. The van der Waals surface area contributed by atoms with Gasteiger partial charge in [-0.15, -0.1) is 12.4 Å². The first-order valence-electron chi connectivity index (χ1n) is 7.28. The molecule has 0 saturated heterocycles. The summed E-state index contributed by atoms with van der Waals surface area (Å²) in [5, 5.41) is 0. The summed E-state index contributed by atoms with van der Waals surface area (Å²) < 4.78 is 0. The monoisotopic (exact) mass is 318 g/mol. The summed E-state index contributed by atoms with van der Waals surface area (Å²) in [7, 11) is 1.86. The molecule has 0 aliphatic heterocycles. The molecule has 0 spiro atoms. The molecular weight excluding hydrogens is 296 g/mol. The van der Waals surface area contributed by atoms with Crippen molar-refractivity contribution in [2.75, 3.05) is 12.8 Å². The van der Waals surface area contributed by atoms with Gasteiger partial charge in [0.1, 0.15) is 0 Å². The van der Waals surface area contributed by atoms with Gasteiger partial charge < -0.3 is 10.6 Å². The summed E-state index contributed by atoms with van der Waals surface area (Å²) in [5.74, 6) is 0.0186. The summed E-state index contributed by atoms with van der Waals surface area (Å²) in [5.41, 5.74) is 8.26. The Morgan fingerprint density at radius 1 is 1.14 bits per heavy atom. The van der Waals surface area contributed by atoms with Gasteiger partial charge >= 0.3 is 0 Å². The number of carbonyl (C=O) groups excluding carboxylic acids is 1. The van der Waals surface area contributed by atoms with Crippen LogP contribution in [0.15, 0.2) is 54.6 Å². The Morgan fingerprint density at radius 3 is 2.41 bits per heavy atom. The SMILES string of the molecule is CCC(Cc1ccccc1)N(C)C(=O)c1cccc(N)c1.Cl. The van der Waals surface area contributed by atoms with Gasteiger partial charge in [-0.1, -0.05) is 43.3 Å².